The van der Waals surface area contributed by atoms with E-state index in [-0.39, 0.29) is 18.3 Å². The molecule has 0 bridgehead atoms. The van der Waals surface area contributed by atoms with Crippen molar-refractivity contribution < 1.29 is 14.6 Å². The van der Waals surface area contributed by atoms with Gasteiger partial charge >= 0.3 is 0 Å². The first kappa shape index (κ1) is 14.3. The topological polar surface area (TPSA) is 50.7 Å². The summed E-state index contributed by atoms with van der Waals surface area (Å²) in [5, 5.41) is 13.1. The largest absolute Gasteiger partial charge is 0.393 e. The Morgan fingerprint density at radius 3 is 2.56 bits per heavy atom. The van der Waals surface area contributed by atoms with Crippen LogP contribution in [0.25, 0.3) is 0 Å². The fraction of sp³-hybridized carbons (Fsp3) is 1.00. The fourth-order valence-corrected chi connectivity index (χ4v) is 3.14. The molecule has 0 radical (unpaired) electrons. The normalized spacial score (nSPS) is 40.5. The van der Waals surface area contributed by atoms with Gasteiger partial charge in [0, 0.05) is 19.8 Å². The van der Waals surface area contributed by atoms with Crippen LogP contribution in [0.5, 0.6) is 0 Å². The van der Waals surface area contributed by atoms with Crippen molar-refractivity contribution >= 4 is 0 Å². The van der Waals surface area contributed by atoms with Crippen molar-refractivity contribution in [2.45, 2.75) is 63.4 Å². The Morgan fingerprint density at radius 2 is 1.94 bits per heavy atom. The van der Waals surface area contributed by atoms with E-state index in [1.807, 2.05) is 6.92 Å². The van der Waals surface area contributed by atoms with Crippen LogP contribution < -0.4 is 5.32 Å². The summed E-state index contributed by atoms with van der Waals surface area (Å²) in [6.45, 7) is 3.84. The van der Waals surface area contributed by atoms with Gasteiger partial charge in [-0.2, -0.15) is 0 Å². The Balaban J connectivity index is 1.65. The maximum absolute atomic E-state index is 9.48. The molecule has 0 saturated heterocycles. The lowest BCUT2D eigenvalue weighted by atomic mass is 9.83. The lowest BCUT2D eigenvalue weighted by Crippen LogP contribution is -2.60. The SMILES string of the molecule is CCOC1CC(NCC2CCC(O)CC2)C1OC. The Bertz CT molecular complexity index is 241. The van der Waals surface area contributed by atoms with Crippen molar-refractivity contribution in [1.82, 2.24) is 5.32 Å². The number of hydrogen-bond acceptors (Lipinski definition) is 4. The Labute approximate surface area is 110 Å². The summed E-state index contributed by atoms with van der Waals surface area (Å²) in [7, 11) is 1.77. The summed E-state index contributed by atoms with van der Waals surface area (Å²) in [6, 6.07) is 0.443. The average Bonchev–Trinajstić information content (AvgIpc) is 2.35. The van der Waals surface area contributed by atoms with Crippen LogP contribution in [0.3, 0.4) is 0 Å². The highest BCUT2D eigenvalue weighted by atomic mass is 16.5. The monoisotopic (exact) mass is 257 g/mol. The Hall–Kier alpha value is -0.160. The predicted molar refractivity (Wildman–Crippen MR) is 70.6 cm³/mol. The zero-order chi connectivity index (χ0) is 13.0. The molecule has 18 heavy (non-hydrogen) atoms. The zero-order valence-corrected chi connectivity index (χ0v) is 11.6. The molecule has 0 aromatic carbocycles. The second kappa shape index (κ2) is 6.85. The molecule has 2 aliphatic rings. The molecule has 4 nitrogen and oxygen atoms in total. The minimum atomic E-state index is -0.0565. The first-order valence-corrected chi connectivity index (χ1v) is 7.30. The van der Waals surface area contributed by atoms with Crippen LogP contribution in [0.2, 0.25) is 0 Å². The number of hydrogen-bond donors (Lipinski definition) is 2. The van der Waals surface area contributed by atoms with E-state index in [2.05, 4.69) is 5.32 Å². The maximum Gasteiger partial charge on any atom is 0.0986 e. The van der Waals surface area contributed by atoms with E-state index < -0.39 is 0 Å². The van der Waals surface area contributed by atoms with Crippen LogP contribution in [0, 0.1) is 5.92 Å². The number of nitrogens with one attached hydrogen (secondary N) is 1. The predicted octanol–water partition coefficient (Wildman–Crippen LogP) is 1.32. The minimum absolute atomic E-state index is 0.0565. The van der Waals surface area contributed by atoms with E-state index in [1.54, 1.807) is 7.11 Å². The summed E-state index contributed by atoms with van der Waals surface area (Å²) < 4.78 is 11.1. The van der Waals surface area contributed by atoms with Crippen molar-refractivity contribution in [3.63, 3.8) is 0 Å². The molecule has 3 unspecified atom stereocenters. The van der Waals surface area contributed by atoms with Gasteiger partial charge < -0.3 is 19.9 Å². The van der Waals surface area contributed by atoms with Crippen LogP contribution in [0.4, 0.5) is 0 Å². The number of aliphatic hydroxyl groups is 1. The number of ether oxygens (including phenoxy) is 2. The van der Waals surface area contributed by atoms with Gasteiger partial charge in [0.15, 0.2) is 0 Å². The van der Waals surface area contributed by atoms with Crippen molar-refractivity contribution in [3.8, 4) is 0 Å². The first-order chi connectivity index (χ1) is 8.74. The van der Waals surface area contributed by atoms with E-state index in [0.29, 0.717) is 6.04 Å². The van der Waals surface area contributed by atoms with Gasteiger partial charge in [-0.25, -0.2) is 0 Å². The Morgan fingerprint density at radius 1 is 1.22 bits per heavy atom. The maximum atomic E-state index is 9.48. The molecule has 2 rings (SSSR count). The molecular formula is C14H27NO3. The third-order valence-electron chi connectivity index (χ3n) is 4.39. The molecule has 2 N–H and O–H groups in total. The minimum Gasteiger partial charge on any atom is -0.393 e. The second-order valence-electron chi connectivity index (χ2n) is 5.62. The third-order valence-corrected chi connectivity index (χ3v) is 4.39. The van der Waals surface area contributed by atoms with Gasteiger partial charge in [-0.05, 0) is 51.5 Å². The van der Waals surface area contributed by atoms with Crippen molar-refractivity contribution in [2.75, 3.05) is 20.3 Å². The molecule has 3 atom stereocenters. The molecule has 4 heteroatoms. The van der Waals surface area contributed by atoms with Crippen LogP contribution in [0.1, 0.15) is 39.0 Å². The van der Waals surface area contributed by atoms with Crippen LogP contribution in [0.15, 0.2) is 0 Å². The van der Waals surface area contributed by atoms with Gasteiger partial charge in [0.2, 0.25) is 0 Å². The van der Waals surface area contributed by atoms with Crippen LogP contribution in [-0.2, 0) is 9.47 Å². The summed E-state index contributed by atoms with van der Waals surface area (Å²) in [5.41, 5.74) is 0. The van der Waals surface area contributed by atoms with E-state index in [0.717, 1.165) is 51.2 Å². The average molecular weight is 257 g/mol. The molecule has 2 saturated carbocycles. The van der Waals surface area contributed by atoms with E-state index in [1.165, 1.54) is 0 Å². The highest BCUT2D eigenvalue weighted by Gasteiger charge is 2.41. The van der Waals surface area contributed by atoms with Gasteiger partial charge in [-0.3, -0.25) is 0 Å². The van der Waals surface area contributed by atoms with E-state index in [9.17, 15) is 5.11 Å². The number of methoxy groups -OCH3 is 1. The van der Waals surface area contributed by atoms with Crippen molar-refractivity contribution in [2.24, 2.45) is 5.92 Å². The molecule has 2 fully saturated rings. The zero-order valence-electron chi connectivity index (χ0n) is 11.6. The molecule has 0 aliphatic heterocycles. The molecule has 0 aromatic heterocycles. The molecule has 0 heterocycles. The van der Waals surface area contributed by atoms with Gasteiger partial charge in [0.25, 0.3) is 0 Å². The standard InChI is InChI=1S/C14H27NO3/c1-3-18-13-8-12(14(13)17-2)15-9-10-4-6-11(16)7-5-10/h10-16H,3-9H2,1-2H3. The summed E-state index contributed by atoms with van der Waals surface area (Å²) >= 11 is 0. The highest BCUT2D eigenvalue weighted by molar-refractivity contribution is 4.97. The lowest BCUT2D eigenvalue weighted by Gasteiger charge is -2.44. The van der Waals surface area contributed by atoms with E-state index in [4.69, 9.17) is 9.47 Å². The summed E-state index contributed by atoms with van der Waals surface area (Å²) in [6.07, 6.45) is 5.70. The fourth-order valence-electron chi connectivity index (χ4n) is 3.14. The molecule has 0 spiro atoms. The van der Waals surface area contributed by atoms with Gasteiger partial charge in [-0.1, -0.05) is 0 Å². The van der Waals surface area contributed by atoms with Crippen LogP contribution in [-0.4, -0.2) is 49.7 Å². The smallest absolute Gasteiger partial charge is 0.0986 e. The molecule has 0 aromatic rings. The van der Waals surface area contributed by atoms with Crippen molar-refractivity contribution in [3.05, 3.63) is 0 Å². The van der Waals surface area contributed by atoms with Gasteiger partial charge in [0.05, 0.1) is 18.3 Å². The molecule has 106 valence electrons. The van der Waals surface area contributed by atoms with Gasteiger partial charge in [0.1, 0.15) is 0 Å². The van der Waals surface area contributed by atoms with Crippen LogP contribution >= 0.6 is 0 Å². The Kier molecular flexibility index (Phi) is 5.42. The molecule has 0 amide bonds. The van der Waals surface area contributed by atoms with E-state index >= 15 is 0 Å². The molecular weight excluding hydrogens is 230 g/mol. The van der Waals surface area contributed by atoms with Gasteiger partial charge in [-0.15, -0.1) is 0 Å². The lowest BCUT2D eigenvalue weighted by molar-refractivity contribution is -0.131. The molecule has 2 aliphatic carbocycles. The van der Waals surface area contributed by atoms with Crippen molar-refractivity contribution in [1.29, 1.82) is 0 Å². The number of aliphatic hydroxyl groups excluding tert-OH is 1. The summed E-state index contributed by atoms with van der Waals surface area (Å²) in [4.78, 5) is 0. The highest BCUT2D eigenvalue weighted by Crippen LogP contribution is 2.28. The second-order valence-corrected chi connectivity index (χ2v) is 5.62. The number of rotatable bonds is 6. The third kappa shape index (κ3) is 3.44. The quantitative estimate of drug-likeness (QED) is 0.753. The first-order valence-electron chi connectivity index (χ1n) is 7.30. The summed E-state index contributed by atoms with van der Waals surface area (Å²) in [5.74, 6) is 0.719.